The van der Waals surface area contributed by atoms with Crippen LogP contribution in [0.4, 0.5) is 0 Å². The number of amides is 1. The quantitative estimate of drug-likeness (QED) is 0.870. The van der Waals surface area contributed by atoms with Gasteiger partial charge in [-0.05, 0) is 24.6 Å². The monoisotopic (exact) mass is 298 g/mol. The van der Waals surface area contributed by atoms with Crippen molar-refractivity contribution in [2.45, 2.75) is 13.5 Å². The maximum atomic E-state index is 12.1. The van der Waals surface area contributed by atoms with Gasteiger partial charge in [-0.2, -0.15) is 0 Å². The number of benzene rings is 1. The SMILES string of the molecule is Cc1cc(C(=O)N(C)Cc2ccc(Cl)c(Cl)c2)no1. The van der Waals surface area contributed by atoms with Gasteiger partial charge in [-0.1, -0.05) is 34.4 Å². The van der Waals surface area contributed by atoms with Crippen molar-refractivity contribution in [1.29, 1.82) is 0 Å². The van der Waals surface area contributed by atoms with Crippen LogP contribution in [0.1, 0.15) is 21.8 Å². The van der Waals surface area contributed by atoms with Crippen LogP contribution in [0, 0.1) is 6.92 Å². The van der Waals surface area contributed by atoms with E-state index in [4.69, 9.17) is 27.7 Å². The number of carbonyl (C=O) groups is 1. The van der Waals surface area contributed by atoms with Crippen molar-refractivity contribution in [1.82, 2.24) is 10.1 Å². The molecule has 0 atom stereocenters. The molecule has 1 amide bonds. The van der Waals surface area contributed by atoms with Gasteiger partial charge < -0.3 is 9.42 Å². The Bertz CT molecular complexity index is 610. The number of aromatic nitrogens is 1. The molecule has 0 aliphatic carbocycles. The summed E-state index contributed by atoms with van der Waals surface area (Å²) < 4.78 is 4.88. The number of rotatable bonds is 3. The van der Waals surface area contributed by atoms with Gasteiger partial charge in [0.15, 0.2) is 5.69 Å². The molecular formula is C13H12Cl2N2O2. The number of hydrogen-bond acceptors (Lipinski definition) is 3. The third kappa shape index (κ3) is 3.28. The molecule has 1 aromatic heterocycles. The Morgan fingerprint density at radius 2 is 2.05 bits per heavy atom. The minimum atomic E-state index is -0.206. The van der Waals surface area contributed by atoms with E-state index in [1.165, 1.54) is 4.90 Å². The summed E-state index contributed by atoms with van der Waals surface area (Å²) in [6.07, 6.45) is 0. The standard InChI is InChI=1S/C13H12Cl2N2O2/c1-8-5-12(16-19-8)13(18)17(2)7-9-3-4-10(14)11(15)6-9/h3-6H,7H2,1-2H3. The van der Waals surface area contributed by atoms with Crippen LogP contribution in [0.3, 0.4) is 0 Å². The topological polar surface area (TPSA) is 46.3 Å². The molecule has 6 heteroatoms. The van der Waals surface area contributed by atoms with Gasteiger partial charge in [0, 0.05) is 19.7 Å². The molecule has 0 saturated carbocycles. The van der Waals surface area contributed by atoms with Crippen molar-refractivity contribution in [2.75, 3.05) is 7.05 Å². The van der Waals surface area contributed by atoms with E-state index in [2.05, 4.69) is 5.16 Å². The summed E-state index contributed by atoms with van der Waals surface area (Å²) >= 11 is 11.8. The van der Waals surface area contributed by atoms with E-state index in [1.54, 1.807) is 32.2 Å². The molecule has 0 fully saturated rings. The van der Waals surface area contributed by atoms with Gasteiger partial charge in [0.2, 0.25) is 0 Å². The predicted molar refractivity (Wildman–Crippen MR) is 73.5 cm³/mol. The zero-order valence-electron chi connectivity index (χ0n) is 10.5. The van der Waals surface area contributed by atoms with Crippen molar-refractivity contribution in [2.24, 2.45) is 0 Å². The van der Waals surface area contributed by atoms with Crippen molar-refractivity contribution in [3.05, 3.63) is 51.3 Å². The van der Waals surface area contributed by atoms with Crippen LogP contribution in [0.5, 0.6) is 0 Å². The molecule has 0 aliphatic rings. The summed E-state index contributed by atoms with van der Waals surface area (Å²) in [5.74, 6) is 0.397. The molecule has 0 bridgehead atoms. The molecule has 0 radical (unpaired) electrons. The summed E-state index contributed by atoms with van der Waals surface area (Å²) in [4.78, 5) is 13.6. The van der Waals surface area contributed by atoms with E-state index >= 15 is 0 Å². The highest BCUT2D eigenvalue weighted by Gasteiger charge is 2.16. The lowest BCUT2D eigenvalue weighted by Crippen LogP contribution is -2.26. The fourth-order valence-corrected chi connectivity index (χ4v) is 1.97. The minimum Gasteiger partial charge on any atom is -0.361 e. The average Bonchev–Trinajstić information content (AvgIpc) is 2.79. The second-order valence-corrected chi connectivity index (χ2v) is 5.05. The molecule has 0 N–H and O–H groups in total. The summed E-state index contributed by atoms with van der Waals surface area (Å²) in [7, 11) is 1.69. The van der Waals surface area contributed by atoms with Gasteiger partial charge in [-0.3, -0.25) is 4.79 Å². The molecule has 0 saturated heterocycles. The first kappa shape index (κ1) is 13.9. The van der Waals surface area contributed by atoms with Gasteiger partial charge >= 0.3 is 0 Å². The van der Waals surface area contributed by atoms with E-state index in [0.29, 0.717) is 28.0 Å². The molecule has 0 unspecified atom stereocenters. The summed E-state index contributed by atoms with van der Waals surface area (Å²) in [6.45, 7) is 2.16. The van der Waals surface area contributed by atoms with Crippen LogP contribution < -0.4 is 0 Å². The number of carbonyl (C=O) groups excluding carboxylic acids is 1. The van der Waals surface area contributed by atoms with Crippen molar-refractivity contribution < 1.29 is 9.32 Å². The Morgan fingerprint density at radius 3 is 2.63 bits per heavy atom. The molecule has 19 heavy (non-hydrogen) atoms. The molecule has 100 valence electrons. The molecule has 2 rings (SSSR count). The Kier molecular flexibility index (Phi) is 4.12. The van der Waals surface area contributed by atoms with Crippen LogP contribution in [0.2, 0.25) is 10.0 Å². The molecule has 0 spiro atoms. The van der Waals surface area contributed by atoms with Crippen molar-refractivity contribution in [3.63, 3.8) is 0 Å². The maximum absolute atomic E-state index is 12.1. The number of hydrogen-bond donors (Lipinski definition) is 0. The van der Waals surface area contributed by atoms with Gasteiger partial charge in [0.05, 0.1) is 10.0 Å². The van der Waals surface area contributed by atoms with Crippen LogP contribution in [0.15, 0.2) is 28.8 Å². The molecule has 0 aliphatic heterocycles. The van der Waals surface area contributed by atoms with Crippen LogP contribution in [-0.2, 0) is 6.54 Å². The Hall–Kier alpha value is -1.52. The van der Waals surface area contributed by atoms with E-state index in [0.717, 1.165) is 5.56 Å². The first-order valence-corrected chi connectivity index (χ1v) is 6.35. The Morgan fingerprint density at radius 1 is 1.32 bits per heavy atom. The van der Waals surface area contributed by atoms with E-state index in [-0.39, 0.29) is 5.91 Å². The van der Waals surface area contributed by atoms with Gasteiger partial charge in [0.1, 0.15) is 5.76 Å². The summed E-state index contributed by atoms with van der Waals surface area (Å²) in [5.41, 5.74) is 1.19. The van der Waals surface area contributed by atoms with Gasteiger partial charge in [0.25, 0.3) is 5.91 Å². The molecular weight excluding hydrogens is 287 g/mol. The zero-order chi connectivity index (χ0) is 14.0. The van der Waals surface area contributed by atoms with E-state index in [1.807, 2.05) is 6.07 Å². The molecule has 4 nitrogen and oxygen atoms in total. The van der Waals surface area contributed by atoms with Crippen LogP contribution >= 0.6 is 23.2 Å². The highest BCUT2D eigenvalue weighted by molar-refractivity contribution is 6.42. The Balaban J connectivity index is 2.10. The average molecular weight is 299 g/mol. The number of aryl methyl sites for hydroxylation is 1. The molecule has 1 heterocycles. The fourth-order valence-electron chi connectivity index (χ4n) is 1.65. The lowest BCUT2D eigenvalue weighted by atomic mass is 10.2. The lowest BCUT2D eigenvalue weighted by molar-refractivity contribution is 0.0774. The van der Waals surface area contributed by atoms with Crippen LogP contribution in [0.25, 0.3) is 0 Å². The Labute approximate surface area is 120 Å². The van der Waals surface area contributed by atoms with Crippen molar-refractivity contribution in [3.8, 4) is 0 Å². The molecule has 2 aromatic rings. The van der Waals surface area contributed by atoms with Gasteiger partial charge in [-0.25, -0.2) is 0 Å². The minimum absolute atomic E-state index is 0.206. The van der Waals surface area contributed by atoms with Crippen LogP contribution in [-0.4, -0.2) is 23.0 Å². The third-order valence-corrected chi connectivity index (χ3v) is 3.34. The van der Waals surface area contributed by atoms with Gasteiger partial charge in [-0.15, -0.1) is 0 Å². The van der Waals surface area contributed by atoms with E-state index < -0.39 is 0 Å². The van der Waals surface area contributed by atoms with E-state index in [9.17, 15) is 4.79 Å². The fraction of sp³-hybridized carbons (Fsp3) is 0.231. The lowest BCUT2D eigenvalue weighted by Gasteiger charge is -2.15. The highest BCUT2D eigenvalue weighted by Crippen LogP contribution is 2.23. The predicted octanol–water partition coefficient (Wildman–Crippen LogP) is 3.56. The largest absolute Gasteiger partial charge is 0.361 e. The summed E-state index contributed by atoms with van der Waals surface area (Å²) in [6, 6.07) is 6.87. The third-order valence-electron chi connectivity index (χ3n) is 2.60. The smallest absolute Gasteiger partial charge is 0.276 e. The number of halogens is 2. The second-order valence-electron chi connectivity index (χ2n) is 4.23. The zero-order valence-corrected chi connectivity index (χ0v) is 12.0. The normalized spacial score (nSPS) is 10.5. The maximum Gasteiger partial charge on any atom is 0.276 e. The first-order chi connectivity index (χ1) is 8.97. The highest BCUT2D eigenvalue weighted by atomic mass is 35.5. The number of nitrogens with zero attached hydrogens (tertiary/aromatic N) is 2. The summed E-state index contributed by atoms with van der Waals surface area (Å²) in [5, 5.41) is 4.66. The molecule has 1 aromatic carbocycles. The van der Waals surface area contributed by atoms with Crippen molar-refractivity contribution >= 4 is 29.1 Å². The second kappa shape index (κ2) is 5.63. The first-order valence-electron chi connectivity index (χ1n) is 5.60.